The number of likely N-dealkylation sites (N-methyl/N-ethyl adjacent to an activating group) is 1. The lowest BCUT2D eigenvalue weighted by Crippen LogP contribution is -2.46. The summed E-state index contributed by atoms with van der Waals surface area (Å²) in [5.41, 5.74) is 1.15. The summed E-state index contributed by atoms with van der Waals surface area (Å²) in [5, 5.41) is 7.64. The largest absolute Gasteiger partial charge is 0.387 e. The van der Waals surface area contributed by atoms with Crippen LogP contribution in [0.2, 0.25) is 0 Å². The molecule has 0 bridgehead atoms. The van der Waals surface area contributed by atoms with Crippen LogP contribution < -0.4 is 5.32 Å². The molecule has 1 aliphatic rings. The van der Waals surface area contributed by atoms with E-state index >= 15 is 0 Å². The van der Waals surface area contributed by atoms with Crippen LogP contribution in [0.5, 0.6) is 0 Å². The summed E-state index contributed by atoms with van der Waals surface area (Å²) in [5.74, 6) is 0. The van der Waals surface area contributed by atoms with E-state index in [1.165, 1.54) is 0 Å². The summed E-state index contributed by atoms with van der Waals surface area (Å²) in [6, 6.07) is 0.942. The maximum Gasteiger partial charge on any atom is 0.0607 e. The molecule has 1 rings (SSSR count). The summed E-state index contributed by atoms with van der Waals surface area (Å²) >= 11 is 0. The number of rotatable bonds is 3. The van der Waals surface area contributed by atoms with Gasteiger partial charge in [-0.05, 0) is 26.8 Å². The first-order chi connectivity index (χ1) is 6.56. The Labute approximate surface area is 87.0 Å². The highest BCUT2D eigenvalue weighted by Crippen LogP contribution is 2.15. The van der Waals surface area contributed by atoms with Gasteiger partial charge in [0.2, 0.25) is 0 Å². The van der Waals surface area contributed by atoms with E-state index in [4.69, 9.17) is 0 Å². The smallest absolute Gasteiger partial charge is 0.0607 e. The van der Waals surface area contributed by atoms with Crippen molar-refractivity contribution in [3.05, 3.63) is 24.0 Å². The molecule has 3 heteroatoms. The lowest BCUT2D eigenvalue weighted by Gasteiger charge is -2.39. The minimum atomic E-state index is 0.430. The Hall–Kier alpha value is -0.960. The molecule has 0 saturated heterocycles. The van der Waals surface area contributed by atoms with Gasteiger partial charge in [0.15, 0.2) is 0 Å². The molecule has 1 aliphatic heterocycles. The van der Waals surface area contributed by atoms with Gasteiger partial charge in [0.1, 0.15) is 0 Å². The van der Waals surface area contributed by atoms with E-state index in [1.807, 2.05) is 7.05 Å². The van der Waals surface area contributed by atoms with Crippen molar-refractivity contribution in [3.63, 3.8) is 0 Å². The fraction of sp³-hybridized carbons (Fsp3) is 0.636. The summed E-state index contributed by atoms with van der Waals surface area (Å²) in [6.45, 7) is 6.58. The van der Waals surface area contributed by atoms with Crippen molar-refractivity contribution in [2.75, 3.05) is 14.1 Å². The SMILES string of the molecule is CNC1=CN(N(C)C(C)C)C(C)C=C1. The van der Waals surface area contributed by atoms with Crippen LogP contribution in [0.25, 0.3) is 0 Å². The van der Waals surface area contributed by atoms with E-state index in [1.54, 1.807) is 0 Å². The minimum absolute atomic E-state index is 0.430. The zero-order valence-corrected chi connectivity index (χ0v) is 9.78. The molecule has 1 unspecified atom stereocenters. The Bertz CT molecular complexity index is 243. The average molecular weight is 195 g/mol. The fourth-order valence-corrected chi connectivity index (χ4v) is 1.43. The number of hydrogen-bond donors (Lipinski definition) is 1. The first-order valence-corrected chi connectivity index (χ1v) is 5.15. The van der Waals surface area contributed by atoms with E-state index in [0.29, 0.717) is 12.1 Å². The molecule has 0 fully saturated rings. The van der Waals surface area contributed by atoms with Crippen molar-refractivity contribution in [2.45, 2.75) is 32.9 Å². The molecule has 0 aromatic rings. The standard InChI is InChI=1S/C11H21N3/c1-9(2)13(5)14-8-11(12-4)7-6-10(14)3/h6-10,12H,1-5H3. The number of allylic oxidation sites excluding steroid dienone is 1. The van der Waals surface area contributed by atoms with Gasteiger partial charge in [-0.1, -0.05) is 6.08 Å². The van der Waals surface area contributed by atoms with E-state index in [-0.39, 0.29) is 0 Å². The third-order valence-corrected chi connectivity index (χ3v) is 2.64. The van der Waals surface area contributed by atoms with Crippen molar-refractivity contribution < 1.29 is 0 Å². The molecule has 1 N–H and O–H groups in total. The first kappa shape index (κ1) is 11.1. The highest BCUT2D eigenvalue weighted by molar-refractivity contribution is 5.21. The maximum absolute atomic E-state index is 3.15. The summed E-state index contributed by atoms with van der Waals surface area (Å²) in [4.78, 5) is 0. The van der Waals surface area contributed by atoms with Gasteiger partial charge in [-0.15, -0.1) is 0 Å². The Morgan fingerprint density at radius 3 is 2.64 bits per heavy atom. The molecule has 3 nitrogen and oxygen atoms in total. The lowest BCUT2D eigenvalue weighted by molar-refractivity contribution is 0.000522. The highest BCUT2D eigenvalue weighted by Gasteiger charge is 2.18. The number of hydrazine groups is 1. The van der Waals surface area contributed by atoms with Gasteiger partial charge >= 0.3 is 0 Å². The van der Waals surface area contributed by atoms with E-state index in [9.17, 15) is 0 Å². The molecule has 80 valence electrons. The molecule has 0 spiro atoms. The van der Waals surface area contributed by atoms with Gasteiger partial charge in [-0.2, -0.15) is 0 Å². The molecule has 0 aromatic carbocycles. The van der Waals surface area contributed by atoms with Crippen molar-refractivity contribution >= 4 is 0 Å². The van der Waals surface area contributed by atoms with Crippen molar-refractivity contribution in [1.29, 1.82) is 0 Å². The second kappa shape index (κ2) is 4.51. The molecule has 0 radical (unpaired) electrons. The predicted molar refractivity (Wildman–Crippen MR) is 60.5 cm³/mol. The Morgan fingerprint density at radius 2 is 2.14 bits per heavy atom. The predicted octanol–water partition coefficient (Wildman–Crippen LogP) is 1.56. The summed E-state index contributed by atoms with van der Waals surface area (Å²) < 4.78 is 0. The molecule has 0 saturated carbocycles. The molecule has 0 amide bonds. The van der Waals surface area contributed by atoms with Gasteiger partial charge in [0.25, 0.3) is 0 Å². The van der Waals surface area contributed by atoms with Crippen LogP contribution in [0, 0.1) is 0 Å². The second-order valence-electron chi connectivity index (χ2n) is 3.98. The summed E-state index contributed by atoms with van der Waals surface area (Å²) in [6.07, 6.45) is 6.46. The lowest BCUT2D eigenvalue weighted by atomic mass is 10.2. The van der Waals surface area contributed by atoms with Crippen LogP contribution >= 0.6 is 0 Å². The number of nitrogens with zero attached hydrogens (tertiary/aromatic N) is 2. The molecular weight excluding hydrogens is 174 g/mol. The number of nitrogens with one attached hydrogen (secondary N) is 1. The van der Waals surface area contributed by atoms with Gasteiger partial charge in [-0.3, -0.25) is 0 Å². The van der Waals surface area contributed by atoms with Crippen molar-refractivity contribution in [2.24, 2.45) is 0 Å². The van der Waals surface area contributed by atoms with Gasteiger partial charge < -0.3 is 10.3 Å². The topological polar surface area (TPSA) is 18.5 Å². The highest BCUT2D eigenvalue weighted by atomic mass is 15.6. The Morgan fingerprint density at radius 1 is 1.50 bits per heavy atom. The monoisotopic (exact) mass is 195 g/mol. The van der Waals surface area contributed by atoms with Crippen molar-refractivity contribution in [3.8, 4) is 0 Å². The van der Waals surface area contributed by atoms with E-state index in [2.05, 4.69) is 61.5 Å². The summed E-state index contributed by atoms with van der Waals surface area (Å²) in [7, 11) is 4.06. The fourth-order valence-electron chi connectivity index (χ4n) is 1.43. The molecule has 1 heterocycles. The third-order valence-electron chi connectivity index (χ3n) is 2.64. The second-order valence-corrected chi connectivity index (χ2v) is 3.98. The van der Waals surface area contributed by atoms with Crippen LogP contribution in [-0.2, 0) is 0 Å². The molecule has 14 heavy (non-hydrogen) atoms. The number of hydrogen-bond acceptors (Lipinski definition) is 3. The Balaban J connectivity index is 2.77. The van der Waals surface area contributed by atoms with Gasteiger partial charge in [0.05, 0.1) is 11.7 Å². The van der Waals surface area contributed by atoms with E-state index in [0.717, 1.165) is 5.70 Å². The van der Waals surface area contributed by atoms with Crippen LogP contribution in [0.3, 0.4) is 0 Å². The van der Waals surface area contributed by atoms with Crippen LogP contribution in [-0.4, -0.2) is 36.2 Å². The first-order valence-electron chi connectivity index (χ1n) is 5.15. The minimum Gasteiger partial charge on any atom is -0.387 e. The zero-order chi connectivity index (χ0) is 10.7. The molecule has 0 aromatic heterocycles. The van der Waals surface area contributed by atoms with Crippen molar-refractivity contribution in [1.82, 2.24) is 15.3 Å². The Kier molecular flexibility index (Phi) is 3.58. The van der Waals surface area contributed by atoms with E-state index < -0.39 is 0 Å². The average Bonchev–Trinajstić information content (AvgIpc) is 2.17. The zero-order valence-electron chi connectivity index (χ0n) is 9.78. The molecular formula is C11H21N3. The maximum atomic E-state index is 3.15. The quantitative estimate of drug-likeness (QED) is 0.737. The van der Waals surface area contributed by atoms with Crippen LogP contribution in [0.4, 0.5) is 0 Å². The van der Waals surface area contributed by atoms with Crippen LogP contribution in [0.1, 0.15) is 20.8 Å². The third kappa shape index (κ3) is 2.29. The molecule has 0 aliphatic carbocycles. The van der Waals surface area contributed by atoms with Gasteiger partial charge in [0, 0.05) is 26.3 Å². The van der Waals surface area contributed by atoms with Gasteiger partial charge in [-0.25, -0.2) is 5.01 Å². The normalized spacial score (nSPS) is 21.8. The molecule has 1 atom stereocenters. The van der Waals surface area contributed by atoms with Crippen LogP contribution in [0.15, 0.2) is 24.0 Å².